The molecule has 94 valence electrons. The number of hydrogen-bond donors (Lipinski definition) is 1. The van der Waals surface area contributed by atoms with Gasteiger partial charge in [-0.15, -0.1) is 0 Å². The van der Waals surface area contributed by atoms with Crippen LogP contribution in [0.2, 0.25) is 0 Å². The first-order valence-electron chi connectivity index (χ1n) is 6.06. The van der Waals surface area contributed by atoms with Gasteiger partial charge < -0.3 is 10.5 Å². The Balaban J connectivity index is 2.30. The van der Waals surface area contributed by atoms with Crippen LogP contribution in [0.25, 0.3) is 21.9 Å². The molecule has 0 aliphatic carbocycles. The second-order valence-electron chi connectivity index (χ2n) is 4.37. The van der Waals surface area contributed by atoms with Crippen LogP contribution < -0.4 is 10.5 Å². The van der Waals surface area contributed by atoms with Gasteiger partial charge in [0.1, 0.15) is 5.75 Å². The highest BCUT2D eigenvalue weighted by Gasteiger charge is 2.09. The van der Waals surface area contributed by atoms with E-state index in [2.05, 4.69) is 17.1 Å². The first-order valence-corrected chi connectivity index (χ1v) is 6.06. The monoisotopic (exact) mass is 250 g/mol. The predicted octanol–water partition coefficient (Wildman–Crippen LogP) is 3.49. The molecule has 0 unspecified atom stereocenters. The van der Waals surface area contributed by atoms with Gasteiger partial charge in [0.15, 0.2) is 0 Å². The summed E-state index contributed by atoms with van der Waals surface area (Å²) in [6, 6.07) is 13.8. The molecule has 3 aromatic rings. The molecule has 3 nitrogen and oxygen atoms in total. The highest BCUT2D eigenvalue weighted by atomic mass is 16.5. The number of anilines is 1. The van der Waals surface area contributed by atoms with Crippen molar-refractivity contribution in [3.05, 3.63) is 54.9 Å². The molecular weight excluding hydrogens is 236 g/mol. The number of benzene rings is 2. The summed E-state index contributed by atoms with van der Waals surface area (Å²) in [7, 11) is 1.65. The molecule has 2 aromatic carbocycles. The molecule has 0 radical (unpaired) electrons. The van der Waals surface area contributed by atoms with Crippen molar-refractivity contribution < 1.29 is 4.74 Å². The Hall–Kier alpha value is -2.55. The maximum absolute atomic E-state index is 5.80. The summed E-state index contributed by atoms with van der Waals surface area (Å²) in [6.45, 7) is 0. The van der Waals surface area contributed by atoms with Gasteiger partial charge in [-0.3, -0.25) is 4.98 Å². The van der Waals surface area contributed by atoms with Crippen molar-refractivity contribution >= 4 is 16.5 Å². The minimum absolute atomic E-state index is 0.689. The van der Waals surface area contributed by atoms with Gasteiger partial charge in [-0.05, 0) is 17.5 Å². The fraction of sp³-hybridized carbons (Fsp3) is 0.0625. The number of fused-ring (bicyclic) bond motifs is 1. The van der Waals surface area contributed by atoms with Crippen molar-refractivity contribution in [2.24, 2.45) is 0 Å². The van der Waals surface area contributed by atoms with E-state index in [9.17, 15) is 0 Å². The minimum Gasteiger partial charge on any atom is -0.496 e. The number of aromatic nitrogens is 1. The van der Waals surface area contributed by atoms with E-state index in [0.717, 1.165) is 27.6 Å². The maximum atomic E-state index is 5.80. The predicted molar refractivity (Wildman–Crippen MR) is 78.1 cm³/mol. The summed E-state index contributed by atoms with van der Waals surface area (Å²) < 4.78 is 5.42. The SMILES string of the molecule is COc1cc(N)ccc1-c1cncc2ccccc12. The van der Waals surface area contributed by atoms with Crippen LogP contribution >= 0.6 is 0 Å². The lowest BCUT2D eigenvalue weighted by Gasteiger charge is -2.11. The highest BCUT2D eigenvalue weighted by Crippen LogP contribution is 2.35. The Morgan fingerprint density at radius 2 is 1.84 bits per heavy atom. The maximum Gasteiger partial charge on any atom is 0.128 e. The largest absolute Gasteiger partial charge is 0.496 e. The molecule has 0 aliphatic rings. The van der Waals surface area contributed by atoms with Crippen molar-refractivity contribution in [3.63, 3.8) is 0 Å². The van der Waals surface area contributed by atoms with Crippen molar-refractivity contribution in [1.29, 1.82) is 0 Å². The third-order valence-corrected chi connectivity index (χ3v) is 3.18. The molecule has 0 saturated heterocycles. The number of pyridine rings is 1. The summed E-state index contributed by atoms with van der Waals surface area (Å²) in [5, 5.41) is 2.26. The molecule has 2 N–H and O–H groups in total. The van der Waals surface area contributed by atoms with Crippen molar-refractivity contribution in [1.82, 2.24) is 4.98 Å². The minimum atomic E-state index is 0.689. The van der Waals surface area contributed by atoms with E-state index in [1.54, 1.807) is 7.11 Å². The van der Waals surface area contributed by atoms with Crippen LogP contribution in [0.4, 0.5) is 5.69 Å². The van der Waals surface area contributed by atoms with Gasteiger partial charge >= 0.3 is 0 Å². The topological polar surface area (TPSA) is 48.1 Å². The average Bonchev–Trinajstić information content (AvgIpc) is 2.46. The average molecular weight is 250 g/mol. The molecule has 0 aliphatic heterocycles. The summed E-state index contributed by atoms with van der Waals surface area (Å²) in [5.41, 5.74) is 8.54. The number of nitrogen functional groups attached to an aromatic ring is 1. The van der Waals surface area contributed by atoms with Gasteiger partial charge in [-0.1, -0.05) is 24.3 Å². The Bertz CT molecular complexity index is 732. The van der Waals surface area contributed by atoms with E-state index in [1.165, 1.54) is 0 Å². The Labute approximate surface area is 111 Å². The van der Waals surface area contributed by atoms with E-state index in [4.69, 9.17) is 10.5 Å². The summed E-state index contributed by atoms with van der Waals surface area (Å²) >= 11 is 0. The lowest BCUT2D eigenvalue weighted by molar-refractivity contribution is 0.416. The van der Waals surface area contributed by atoms with Crippen LogP contribution in [0.1, 0.15) is 0 Å². The zero-order valence-corrected chi connectivity index (χ0v) is 10.6. The second kappa shape index (κ2) is 4.61. The molecule has 0 spiro atoms. The van der Waals surface area contributed by atoms with Gasteiger partial charge in [-0.25, -0.2) is 0 Å². The van der Waals surface area contributed by atoms with Gasteiger partial charge in [0.25, 0.3) is 0 Å². The van der Waals surface area contributed by atoms with E-state index >= 15 is 0 Å². The van der Waals surface area contributed by atoms with Crippen LogP contribution in [0, 0.1) is 0 Å². The van der Waals surface area contributed by atoms with Gasteiger partial charge in [0, 0.05) is 40.7 Å². The van der Waals surface area contributed by atoms with Crippen LogP contribution in [-0.4, -0.2) is 12.1 Å². The van der Waals surface area contributed by atoms with Crippen molar-refractivity contribution in [3.8, 4) is 16.9 Å². The molecule has 1 heterocycles. The van der Waals surface area contributed by atoms with Gasteiger partial charge in [-0.2, -0.15) is 0 Å². The summed E-state index contributed by atoms with van der Waals surface area (Å²) in [4.78, 5) is 4.30. The van der Waals surface area contributed by atoms with Crippen LogP contribution in [0.15, 0.2) is 54.9 Å². The molecule has 0 saturated carbocycles. The number of ether oxygens (including phenoxy) is 1. The van der Waals surface area contributed by atoms with Gasteiger partial charge in [0.05, 0.1) is 7.11 Å². The molecule has 0 atom stereocenters. The molecule has 3 heteroatoms. The lowest BCUT2D eigenvalue weighted by Crippen LogP contribution is -1.92. The Morgan fingerprint density at radius 1 is 1.00 bits per heavy atom. The van der Waals surface area contributed by atoms with E-state index < -0.39 is 0 Å². The van der Waals surface area contributed by atoms with Crippen molar-refractivity contribution in [2.45, 2.75) is 0 Å². The highest BCUT2D eigenvalue weighted by molar-refractivity contribution is 5.97. The van der Waals surface area contributed by atoms with E-state index in [1.807, 2.05) is 42.7 Å². The molecule has 1 aromatic heterocycles. The molecule has 3 rings (SSSR count). The number of methoxy groups -OCH3 is 1. The van der Waals surface area contributed by atoms with E-state index in [-0.39, 0.29) is 0 Å². The first-order chi connectivity index (χ1) is 9.29. The lowest BCUT2D eigenvalue weighted by atomic mass is 10.00. The third kappa shape index (κ3) is 1.99. The number of nitrogens with zero attached hydrogens (tertiary/aromatic N) is 1. The summed E-state index contributed by atoms with van der Waals surface area (Å²) in [5.74, 6) is 0.762. The second-order valence-corrected chi connectivity index (χ2v) is 4.37. The number of nitrogens with two attached hydrogens (primary N) is 1. The normalized spacial score (nSPS) is 10.6. The molecular formula is C16H14N2O. The number of hydrogen-bond acceptors (Lipinski definition) is 3. The summed E-state index contributed by atoms with van der Waals surface area (Å²) in [6.07, 6.45) is 3.72. The number of rotatable bonds is 2. The Morgan fingerprint density at radius 3 is 2.68 bits per heavy atom. The van der Waals surface area contributed by atoms with Gasteiger partial charge in [0.2, 0.25) is 0 Å². The van der Waals surface area contributed by atoms with Crippen LogP contribution in [0.3, 0.4) is 0 Å². The molecule has 0 bridgehead atoms. The first kappa shape index (κ1) is 11.5. The fourth-order valence-electron chi connectivity index (χ4n) is 2.26. The van der Waals surface area contributed by atoms with Crippen molar-refractivity contribution in [2.75, 3.05) is 12.8 Å². The molecule has 0 amide bonds. The van der Waals surface area contributed by atoms with Crippen LogP contribution in [0.5, 0.6) is 5.75 Å². The fourth-order valence-corrected chi connectivity index (χ4v) is 2.26. The molecule has 0 fully saturated rings. The van der Waals surface area contributed by atoms with E-state index in [0.29, 0.717) is 5.69 Å². The molecule has 19 heavy (non-hydrogen) atoms. The quantitative estimate of drug-likeness (QED) is 0.708. The standard InChI is InChI=1S/C16H14N2O/c1-19-16-8-12(17)6-7-14(16)15-10-18-9-11-4-2-3-5-13(11)15/h2-10H,17H2,1H3. The van der Waals surface area contributed by atoms with Crippen LogP contribution in [-0.2, 0) is 0 Å². The zero-order chi connectivity index (χ0) is 13.2. The zero-order valence-electron chi connectivity index (χ0n) is 10.6. The third-order valence-electron chi connectivity index (χ3n) is 3.18. The Kier molecular flexibility index (Phi) is 2.80. The smallest absolute Gasteiger partial charge is 0.128 e.